The average molecular weight is 542 g/mol. The zero-order chi connectivity index (χ0) is 25.8. The number of fused-ring (bicyclic) bond motifs is 1. The molecule has 1 aliphatic rings. The summed E-state index contributed by atoms with van der Waals surface area (Å²) in [4.78, 5) is 30.5. The van der Waals surface area contributed by atoms with Crippen LogP contribution < -0.4 is 20.6 Å². The number of aliphatic hydroxyl groups is 1. The molecule has 0 atom stereocenters. The fraction of sp³-hybridized carbons (Fsp3) is 0.269. The highest BCUT2D eigenvalue weighted by Gasteiger charge is 2.19. The van der Waals surface area contributed by atoms with Crippen LogP contribution in [0, 0.1) is 0 Å². The maximum absolute atomic E-state index is 13.5. The zero-order valence-electron chi connectivity index (χ0n) is 19.9. The van der Waals surface area contributed by atoms with Crippen LogP contribution in [0.15, 0.2) is 59.5 Å². The number of pyridine rings is 1. The van der Waals surface area contributed by atoms with Crippen molar-refractivity contribution >= 4 is 51.6 Å². The number of halogens is 2. The van der Waals surface area contributed by atoms with Gasteiger partial charge >= 0.3 is 0 Å². The molecule has 0 amide bonds. The summed E-state index contributed by atoms with van der Waals surface area (Å²) in [5.74, 6) is 0.300. The molecule has 0 saturated carbocycles. The summed E-state index contributed by atoms with van der Waals surface area (Å²) in [5.41, 5.74) is 2.38. The first kappa shape index (κ1) is 25.3. The summed E-state index contributed by atoms with van der Waals surface area (Å²) in [5, 5.41) is 13.6. The maximum Gasteiger partial charge on any atom is 0.293 e. The van der Waals surface area contributed by atoms with Gasteiger partial charge in [0.15, 0.2) is 5.65 Å². The molecule has 0 radical (unpaired) electrons. The van der Waals surface area contributed by atoms with Crippen LogP contribution in [0.3, 0.4) is 0 Å². The lowest BCUT2D eigenvalue weighted by molar-refractivity contribution is 0.0966. The lowest BCUT2D eigenvalue weighted by Gasteiger charge is -2.28. The van der Waals surface area contributed by atoms with Gasteiger partial charge in [0.25, 0.3) is 5.56 Å². The predicted molar refractivity (Wildman–Crippen MR) is 145 cm³/mol. The Kier molecular flexibility index (Phi) is 7.76. The van der Waals surface area contributed by atoms with Crippen LogP contribution in [-0.2, 0) is 4.74 Å². The van der Waals surface area contributed by atoms with Crippen molar-refractivity contribution < 1.29 is 14.7 Å². The van der Waals surface area contributed by atoms with Crippen molar-refractivity contribution in [1.29, 1.82) is 0 Å². The molecule has 2 aromatic carbocycles. The van der Waals surface area contributed by atoms with E-state index < -0.39 is 5.56 Å². The molecule has 0 bridgehead atoms. The van der Waals surface area contributed by atoms with E-state index in [0.717, 1.165) is 42.4 Å². The van der Waals surface area contributed by atoms with Crippen LogP contribution in [0.5, 0.6) is 0 Å². The summed E-state index contributed by atoms with van der Waals surface area (Å²) in [6.45, 7) is 3.19. The van der Waals surface area contributed by atoms with Crippen LogP contribution in [0.4, 0.5) is 17.3 Å². The molecular weight excluding hydrogens is 517 g/mol. The van der Waals surface area contributed by atoms with Crippen LogP contribution in [0.2, 0.25) is 10.0 Å². The van der Waals surface area contributed by atoms with Crippen molar-refractivity contribution in [3.05, 3.63) is 75.1 Å². The number of hydrogen-bond acceptors (Lipinski definition) is 8. The van der Waals surface area contributed by atoms with Crippen LogP contribution in [0.25, 0.3) is 22.2 Å². The van der Waals surface area contributed by atoms with Crippen molar-refractivity contribution in [2.45, 2.75) is 6.42 Å². The van der Waals surface area contributed by atoms with E-state index in [1.54, 1.807) is 30.5 Å². The number of hydrogen-bond donors (Lipinski definition) is 2. The number of benzene rings is 2. The molecule has 1 aliphatic heterocycles. The van der Waals surface area contributed by atoms with Crippen molar-refractivity contribution in [3.63, 3.8) is 0 Å². The summed E-state index contributed by atoms with van der Waals surface area (Å²) in [7, 11) is 0. The molecule has 4 aromatic rings. The molecule has 0 spiro atoms. The number of morpholine rings is 1. The van der Waals surface area contributed by atoms with E-state index in [1.807, 2.05) is 24.3 Å². The third-order valence-corrected chi connectivity index (χ3v) is 6.59. The Morgan fingerprint density at radius 2 is 1.81 bits per heavy atom. The van der Waals surface area contributed by atoms with E-state index in [-0.39, 0.29) is 24.4 Å². The van der Waals surface area contributed by atoms with E-state index in [2.05, 4.69) is 20.2 Å². The molecule has 1 saturated heterocycles. The van der Waals surface area contributed by atoms with Crippen molar-refractivity contribution in [2.75, 3.05) is 49.7 Å². The van der Waals surface area contributed by atoms with E-state index in [9.17, 15) is 9.90 Å². The van der Waals surface area contributed by atoms with E-state index in [0.29, 0.717) is 33.4 Å². The molecule has 3 heterocycles. The summed E-state index contributed by atoms with van der Waals surface area (Å²) >= 11 is 12.8. The van der Waals surface area contributed by atoms with Gasteiger partial charge in [-0.2, -0.15) is 4.98 Å². The number of rotatable bonds is 8. The minimum Gasteiger partial charge on any atom is -0.409 e. The predicted octanol–water partition coefficient (Wildman–Crippen LogP) is 4.16. The normalized spacial score (nSPS) is 13.6. The Hall–Kier alpha value is -3.37. The van der Waals surface area contributed by atoms with Gasteiger partial charge in [0, 0.05) is 54.6 Å². The first-order valence-corrected chi connectivity index (χ1v) is 12.6. The molecule has 37 heavy (non-hydrogen) atoms. The molecule has 2 N–H and O–H groups in total. The van der Waals surface area contributed by atoms with Gasteiger partial charge in [0.1, 0.15) is 6.61 Å². The van der Waals surface area contributed by atoms with Crippen molar-refractivity contribution in [1.82, 2.24) is 14.7 Å². The highest BCUT2D eigenvalue weighted by Crippen LogP contribution is 2.34. The van der Waals surface area contributed by atoms with Crippen LogP contribution in [-0.4, -0.2) is 59.3 Å². The third kappa shape index (κ3) is 5.50. The molecule has 192 valence electrons. The molecule has 0 unspecified atom stereocenters. The molecule has 2 aromatic heterocycles. The lowest BCUT2D eigenvalue weighted by Crippen LogP contribution is -2.36. The van der Waals surface area contributed by atoms with Crippen LogP contribution >= 0.6 is 23.2 Å². The Morgan fingerprint density at radius 1 is 1.08 bits per heavy atom. The number of aromatic nitrogens is 3. The SMILES string of the molecule is O=c1c(-c2c(Cl)cccc2Cl)cc2cnc(Nc3ccc(N4CCOCC4)cc3)nc2n1OCCCO. The fourth-order valence-electron chi connectivity index (χ4n) is 4.11. The smallest absolute Gasteiger partial charge is 0.293 e. The first-order valence-electron chi connectivity index (χ1n) is 11.9. The Bertz CT molecular complexity index is 1440. The zero-order valence-corrected chi connectivity index (χ0v) is 21.4. The van der Waals surface area contributed by atoms with Gasteiger partial charge in [-0.3, -0.25) is 4.79 Å². The van der Waals surface area contributed by atoms with E-state index >= 15 is 0 Å². The standard InChI is InChI=1S/C26H25Cl2N5O4/c27-21-3-1-4-22(28)23(21)20-15-17-16-29-26(31-24(17)33(25(20)35)37-12-2-11-34)30-18-5-7-19(8-6-18)32-9-13-36-14-10-32/h1,3-8,15-16,34H,2,9-14H2,(H,29,30,31). The molecule has 1 fully saturated rings. The second-order valence-corrected chi connectivity index (χ2v) is 9.22. The highest BCUT2D eigenvalue weighted by atomic mass is 35.5. The lowest BCUT2D eigenvalue weighted by atomic mass is 10.1. The Balaban J connectivity index is 1.50. The quantitative estimate of drug-likeness (QED) is 0.320. The van der Waals surface area contributed by atoms with Crippen molar-refractivity contribution in [3.8, 4) is 11.1 Å². The fourth-order valence-corrected chi connectivity index (χ4v) is 4.71. The number of nitrogens with zero attached hydrogens (tertiary/aromatic N) is 4. The largest absolute Gasteiger partial charge is 0.409 e. The first-order chi connectivity index (χ1) is 18.0. The number of nitrogens with one attached hydrogen (secondary N) is 1. The minimum absolute atomic E-state index is 0.0784. The highest BCUT2D eigenvalue weighted by molar-refractivity contribution is 6.39. The van der Waals surface area contributed by atoms with Gasteiger partial charge in [-0.25, -0.2) is 4.98 Å². The monoisotopic (exact) mass is 541 g/mol. The van der Waals surface area contributed by atoms with Gasteiger partial charge < -0.3 is 24.9 Å². The molecule has 9 nitrogen and oxygen atoms in total. The second kappa shape index (κ2) is 11.4. The van der Waals surface area contributed by atoms with E-state index in [1.165, 1.54) is 0 Å². The van der Waals surface area contributed by atoms with Gasteiger partial charge in [0.2, 0.25) is 5.95 Å². The Morgan fingerprint density at radius 3 is 2.51 bits per heavy atom. The summed E-state index contributed by atoms with van der Waals surface area (Å²) in [6, 6.07) is 14.6. The molecule has 0 aliphatic carbocycles. The van der Waals surface area contributed by atoms with Gasteiger partial charge in [-0.1, -0.05) is 29.3 Å². The topological polar surface area (TPSA) is 102 Å². The Labute approximate surface area is 223 Å². The van der Waals surface area contributed by atoms with Gasteiger partial charge in [-0.15, -0.1) is 4.73 Å². The van der Waals surface area contributed by atoms with E-state index in [4.69, 9.17) is 32.8 Å². The second-order valence-electron chi connectivity index (χ2n) is 8.41. The van der Waals surface area contributed by atoms with Gasteiger partial charge in [0.05, 0.1) is 28.8 Å². The third-order valence-electron chi connectivity index (χ3n) is 5.96. The van der Waals surface area contributed by atoms with Crippen molar-refractivity contribution in [2.24, 2.45) is 0 Å². The molecule has 11 heteroatoms. The molecule has 5 rings (SSSR count). The average Bonchev–Trinajstić information content (AvgIpc) is 2.91. The minimum atomic E-state index is -0.472. The number of anilines is 3. The maximum atomic E-state index is 13.5. The molecular formula is C26H25Cl2N5O4. The summed E-state index contributed by atoms with van der Waals surface area (Å²) in [6.07, 6.45) is 1.95. The van der Waals surface area contributed by atoms with Gasteiger partial charge in [-0.05, 0) is 42.5 Å². The van der Waals surface area contributed by atoms with Crippen LogP contribution in [0.1, 0.15) is 6.42 Å². The summed E-state index contributed by atoms with van der Waals surface area (Å²) < 4.78 is 6.53. The number of aliphatic hydroxyl groups excluding tert-OH is 1. The number of ether oxygens (including phenoxy) is 1.